The summed E-state index contributed by atoms with van der Waals surface area (Å²) < 4.78 is 0. The average Bonchev–Trinajstić information content (AvgIpc) is 2.52. The van der Waals surface area contributed by atoms with Gasteiger partial charge >= 0.3 is 11.9 Å². The molecule has 0 aliphatic carbocycles. The van der Waals surface area contributed by atoms with Crippen LogP contribution >= 0.6 is 11.8 Å². The van der Waals surface area contributed by atoms with Crippen LogP contribution < -0.4 is 5.32 Å². The minimum absolute atomic E-state index is 0.0487. The summed E-state index contributed by atoms with van der Waals surface area (Å²) in [6.45, 7) is 1.22. The quantitative estimate of drug-likeness (QED) is 0.542. The lowest BCUT2D eigenvalue weighted by atomic mass is 9.96. The molecule has 0 aliphatic heterocycles. The van der Waals surface area contributed by atoms with Gasteiger partial charge in [0.15, 0.2) is 5.78 Å². The van der Waals surface area contributed by atoms with Gasteiger partial charge in [0, 0.05) is 29.9 Å². The molecule has 0 saturated carbocycles. The summed E-state index contributed by atoms with van der Waals surface area (Å²) in [6, 6.07) is 7.27. The minimum atomic E-state index is -1.18. The van der Waals surface area contributed by atoms with Crippen LogP contribution in [0.15, 0.2) is 30.3 Å². The fourth-order valence-corrected chi connectivity index (χ4v) is 3.18. The normalized spacial score (nSPS) is 12.9. The number of benzene rings is 1. The van der Waals surface area contributed by atoms with E-state index in [-0.39, 0.29) is 23.7 Å². The van der Waals surface area contributed by atoms with Crippen LogP contribution in [0.3, 0.4) is 0 Å². The zero-order valence-electron chi connectivity index (χ0n) is 13.1. The smallest absolute Gasteiger partial charge is 0.327 e. The van der Waals surface area contributed by atoms with Gasteiger partial charge in [0.1, 0.15) is 6.04 Å². The SMILES string of the molecule is CC(=O)N[C@@H](CSCC(CC(=O)O)C(=O)c1ccccc1)C(=O)O. The van der Waals surface area contributed by atoms with Crippen LogP contribution in [0.25, 0.3) is 0 Å². The van der Waals surface area contributed by atoms with E-state index in [1.165, 1.54) is 6.92 Å². The zero-order chi connectivity index (χ0) is 18.1. The molecule has 2 atom stereocenters. The van der Waals surface area contributed by atoms with E-state index in [0.29, 0.717) is 5.56 Å². The van der Waals surface area contributed by atoms with Gasteiger partial charge in [-0.3, -0.25) is 14.4 Å². The van der Waals surface area contributed by atoms with E-state index < -0.39 is 29.8 Å². The third kappa shape index (κ3) is 6.82. The molecule has 0 heterocycles. The van der Waals surface area contributed by atoms with E-state index in [1.54, 1.807) is 30.3 Å². The highest BCUT2D eigenvalue weighted by molar-refractivity contribution is 7.99. The van der Waals surface area contributed by atoms with Crippen LogP contribution in [0.1, 0.15) is 23.7 Å². The molecule has 8 heteroatoms. The zero-order valence-corrected chi connectivity index (χ0v) is 13.9. The van der Waals surface area contributed by atoms with Crippen molar-refractivity contribution in [3.8, 4) is 0 Å². The highest BCUT2D eigenvalue weighted by Crippen LogP contribution is 2.19. The van der Waals surface area contributed by atoms with Crippen molar-refractivity contribution in [2.75, 3.05) is 11.5 Å². The molecule has 3 N–H and O–H groups in total. The van der Waals surface area contributed by atoms with Gasteiger partial charge in [0.25, 0.3) is 0 Å². The van der Waals surface area contributed by atoms with Crippen LogP contribution in [0.2, 0.25) is 0 Å². The van der Waals surface area contributed by atoms with Crippen LogP contribution in [0, 0.1) is 5.92 Å². The maximum atomic E-state index is 12.4. The molecule has 1 rings (SSSR count). The number of carbonyl (C=O) groups excluding carboxylic acids is 2. The number of carboxylic acids is 2. The Morgan fingerprint density at radius 1 is 1.08 bits per heavy atom. The maximum absolute atomic E-state index is 12.4. The molecule has 0 spiro atoms. The van der Waals surface area contributed by atoms with Crippen molar-refractivity contribution >= 4 is 35.4 Å². The first-order valence-corrected chi connectivity index (χ1v) is 8.35. The second-order valence-electron chi connectivity index (χ2n) is 5.15. The van der Waals surface area contributed by atoms with E-state index in [1.807, 2.05) is 0 Å². The lowest BCUT2D eigenvalue weighted by Crippen LogP contribution is -2.41. The Bertz CT molecular complexity index is 604. The number of hydrogen-bond donors (Lipinski definition) is 3. The summed E-state index contributed by atoms with van der Waals surface area (Å²) >= 11 is 1.13. The number of nitrogens with one attached hydrogen (secondary N) is 1. The summed E-state index contributed by atoms with van der Waals surface area (Å²) in [4.78, 5) is 45.4. The number of thioether (sulfide) groups is 1. The summed E-state index contributed by atoms with van der Waals surface area (Å²) in [5, 5.41) is 20.3. The number of rotatable bonds is 10. The lowest BCUT2D eigenvalue weighted by Gasteiger charge is -2.16. The Morgan fingerprint density at radius 2 is 1.71 bits per heavy atom. The highest BCUT2D eigenvalue weighted by Gasteiger charge is 2.25. The molecule has 1 aromatic carbocycles. The monoisotopic (exact) mass is 353 g/mol. The molecular weight excluding hydrogens is 334 g/mol. The molecule has 0 fully saturated rings. The first kappa shape index (κ1) is 19.7. The Kier molecular flexibility index (Phi) is 7.97. The number of hydrogen-bond acceptors (Lipinski definition) is 5. The van der Waals surface area contributed by atoms with E-state index in [4.69, 9.17) is 10.2 Å². The molecule has 1 amide bonds. The van der Waals surface area contributed by atoms with Crippen molar-refractivity contribution in [1.82, 2.24) is 5.32 Å². The number of carboxylic acid groups (broad SMARTS) is 2. The second-order valence-corrected chi connectivity index (χ2v) is 6.23. The van der Waals surface area contributed by atoms with Gasteiger partial charge in [0.2, 0.25) is 5.91 Å². The third-order valence-electron chi connectivity index (χ3n) is 3.13. The van der Waals surface area contributed by atoms with Crippen molar-refractivity contribution in [1.29, 1.82) is 0 Å². The second kappa shape index (κ2) is 9.71. The Balaban J connectivity index is 2.69. The van der Waals surface area contributed by atoms with Crippen LogP contribution in [-0.2, 0) is 14.4 Å². The van der Waals surface area contributed by atoms with Crippen LogP contribution in [0.5, 0.6) is 0 Å². The highest BCUT2D eigenvalue weighted by atomic mass is 32.2. The minimum Gasteiger partial charge on any atom is -0.481 e. The molecule has 7 nitrogen and oxygen atoms in total. The Hall–Kier alpha value is -2.35. The number of Topliss-reactive ketones (excluding diaryl/α,β-unsaturated/α-hetero) is 1. The molecule has 0 saturated heterocycles. The molecule has 1 unspecified atom stereocenters. The number of amides is 1. The average molecular weight is 353 g/mol. The van der Waals surface area contributed by atoms with E-state index in [2.05, 4.69) is 5.32 Å². The van der Waals surface area contributed by atoms with Gasteiger partial charge in [-0.1, -0.05) is 30.3 Å². The van der Waals surface area contributed by atoms with Gasteiger partial charge < -0.3 is 15.5 Å². The molecule has 1 aromatic rings. The standard InChI is InChI=1S/C16H19NO6S/c1-10(18)17-13(16(22)23)9-24-8-12(7-14(19)20)15(21)11-5-3-2-4-6-11/h2-6,12-13H,7-9H2,1H3,(H,17,18)(H,19,20)(H,22,23)/t12?,13-/m0/s1. The predicted molar refractivity (Wildman–Crippen MR) is 89.1 cm³/mol. The summed E-state index contributed by atoms with van der Waals surface area (Å²) in [5.74, 6) is -3.59. The topological polar surface area (TPSA) is 121 Å². The predicted octanol–water partition coefficient (Wildman–Crippen LogP) is 1.28. The van der Waals surface area contributed by atoms with Crippen molar-refractivity contribution < 1.29 is 29.4 Å². The largest absolute Gasteiger partial charge is 0.481 e. The summed E-state index contributed by atoms with van der Waals surface area (Å²) in [6.07, 6.45) is -0.335. The van der Waals surface area contributed by atoms with Crippen LogP contribution in [0.4, 0.5) is 0 Å². The molecule has 24 heavy (non-hydrogen) atoms. The van der Waals surface area contributed by atoms with E-state index in [9.17, 15) is 19.2 Å². The fraction of sp³-hybridized carbons (Fsp3) is 0.375. The Morgan fingerprint density at radius 3 is 2.21 bits per heavy atom. The summed E-state index contributed by atoms with van der Waals surface area (Å²) in [5.41, 5.74) is 0.418. The first-order valence-electron chi connectivity index (χ1n) is 7.20. The van der Waals surface area contributed by atoms with Crippen molar-refractivity contribution in [2.24, 2.45) is 5.92 Å². The first-order chi connectivity index (χ1) is 11.3. The number of aliphatic carboxylic acids is 2. The molecule has 0 bridgehead atoms. The Labute approximate surface area is 143 Å². The van der Waals surface area contributed by atoms with Crippen molar-refractivity contribution in [3.05, 3.63) is 35.9 Å². The maximum Gasteiger partial charge on any atom is 0.327 e. The molecule has 130 valence electrons. The van der Waals surface area contributed by atoms with Gasteiger partial charge in [-0.2, -0.15) is 11.8 Å². The van der Waals surface area contributed by atoms with E-state index >= 15 is 0 Å². The number of carbonyl (C=O) groups is 4. The van der Waals surface area contributed by atoms with Crippen LogP contribution in [-0.4, -0.2) is 51.4 Å². The molecular formula is C16H19NO6S. The van der Waals surface area contributed by atoms with Gasteiger partial charge in [-0.25, -0.2) is 4.79 Å². The number of ketones is 1. The van der Waals surface area contributed by atoms with Gasteiger partial charge in [0.05, 0.1) is 6.42 Å². The molecule has 0 aliphatic rings. The van der Waals surface area contributed by atoms with Crippen molar-refractivity contribution in [3.63, 3.8) is 0 Å². The van der Waals surface area contributed by atoms with Gasteiger partial charge in [-0.05, 0) is 0 Å². The van der Waals surface area contributed by atoms with Crippen molar-refractivity contribution in [2.45, 2.75) is 19.4 Å². The molecule has 0 radical (unpaired) electrons. The van der Waals surface area contributed by atoms with E-state index in [0.717, 1.165) is 11.8 Å². The van der Waals surface area contributed by atoms with Gasteiger partial charge in [-0.15, -0.1) is 0 Å². The molecule has 0 aromatic heterocycles. The lowest BCUT2D eigenvalue weighted by molar-refractivity contribution is -0.140. The summed E-state index contributed by atoms with van der Waals surface area (Å²) in [7, 11) is 0. The fourth-order valence-electron chi connectivity index (χ4n) is 2.02. The third-order valence-corrected chi connectivity index (χ3v) is 4.34.